The number of hydrogen-bond donors (Lipinski definition) is 1. The third-order valence-electron chi connectivity index (χ3n) is 4.40. The number of carbonyl (C=O) groups is 1. The number of primary amides is 1. The fourth-order valence-electron chi connectivity index (χ4n) is 3.06. The van der Waals surface area contributed by atoms with E-state index in [1.807, 2.05) is 0 Å². The molecular weight excluding hydrogens is 351 g/mol. The molecule has 1 aromatic carbocycles. The summed E-state index contributed by atoms with van der Waals surface area (Å²) in [6, 6.07) is 5.56. The van der Waals surface area contributed by atoms with Crippen LogP contribution in [-0.2, 0) is 12.6 Å². The van der Waals surface area contributed by atoms with Gasteiger partial charge in [0.2, 0.25) is 0 Å². The number of rotatable bonds is 4. The SMILES string of the molecule is NC(=O)c1cnc(N2CCC(Cc3cccc(C(F)(F)F)c3)CC2)s1. The maximum Gasteiger partial charge on any atom is 0.416 e. The molecule has 25 heavy (non-hydrogen) atoms. The number of nitrogens with two attached hydrogens (primary N) is 1. The van der Waals surface area contributed by atoms with E-state index >= 15 is 0 Å². The third kappa shape index (κ3) is 4.31. The molecule has 0 radical (unpaired) electrons. The lowest BCUT2D eigenvalue weighted by Crippen LogP contribution is -2.34. The molecule has 1 saturated heterocycles. The van der Waals surface area contributed by atoms with E-state index in [9.17, 15) is 18.0 Å². The third-order valence-corrected chi connectivity index (χ3v) is 5.47. The van der Waals surface area contributed by atoms with E-state index in [2.05, 4.69) is 9.88 Å². The van der Waals surface area contributed by atoms with Gasteiger partial charge in [0.05, 0.1) is 11.8 Å². The first kappa shape index (κ1) is 17.7. The second-order valence-corrected chi connectivity index (χ2v) is 7.21. The van der Waals surface area contributed by atoms with Crippen LogP contribution >= 0.6 is 11.3 Å². The zero-order chi connectivity index (χ0) is 18.0. The number of anilines is 1. The Labute approximate surface area is 147 Å². The van der Waals surface area contributed by atoms with Crippen LogP contribution in [0.4, 0.5) is 18.3 Å². The van der Waals surface area contributed by atoms with Crippen LogP contribution in [0.2, 0.25) is 0 Å². The van der Waals surface area contributed by atoms with E-state index in [1.165, 1.54) is 29.7 Å². The van der Waals surface area contributed by atoms with E-state index in [0.29, 0.717) is 17.2 Å². The van der Waals surface area contributed by atoms with Crippen molar-refractivity contribution in [1.29, 1.82) is 0 Å². The van der Waals surface area contributed by atoms with Crippen LogP contribution in [0.5, 0.6) is 0 Å². The molecule has 1 aliphatic heterocycles. The number of halogens is 3. The van der Waals surface area contributed by atoms with Gasteiger partial charge < -0.3 is 10.6 Å². The molecular formula is C17H18F3N3OS. The van der Waals surface area contributed by atoms with Crippen molar-refractivity contribution in [2.75, 3.05) is 18.0 Å². The van der Waals surface area contributed by atoms with Crippen molar-refractivity contribution in [3.05, 3.63) is 46.5 Å². The zero-order valence-electron chi connectivity index (χ0n) is 13.4. The van der Waals surface area contributed by atoms with Gasteiger partial charge in [-0.25, -0.2) is 4.98 Å². The van der Waals surface area contributed by atoms with Gasteiger partial charge in [-0.05, 0) is 36.8 Å². The Bertz CT molecular complexity index is 752. The Hall–Kier alpha value is -2.09. The maximum absolute atomic E-state index is 12.8. The van der Waals surface area contributed by atoms with Crippen molar-refractivity contribution in [3.63, 3.8) is 0 Å². The highest BCUT2D eigenvalue weighted by Gasteiger charge is 2.30. The van der Waals surface area contributed by atoms with Gasteiger partial charge in [-0.15, -0.1) is 0 Å². The van der Waals surface area contributed by atoms with Crippen molar-refractivity contribution in [1.82, 2.24) is 4.98 Å². The van der Waals surface area contributed by atoms with Crippen molar-refractivity contribution in [3.8, 4) is 0 Å². The molecule has 1 fully saturated rings. The summed E-state index contributed by atoms with van der Waals surface area (Å²) >= 11 is 1.27. The summed E-state index contributed by atoms with van der Waals surface area (Å²) in [7, 11) is 0. The van der Waals surface area contributed by atoms with E-state index in [4.69, 9.17) is 5.73 Å². The van der Waals surface area contributed by atoms with Crippen LogP contribution < -0.4 is 10.6 Å². The zero-order valence-corrected chi connectivity index (χ0v) is 14.2. The van der Waals surface area contributed by atoms with Crippen molar-refractivity contribution < 1.29 is 18.0 Å². The smallest absolute Gasteiger partial charge is 0.365 e. The molecule has 0 unspecified atom stereocenters. The number of carbonyl (C=O) groups excluding carboxylic acids is 1. The van der Waals surface area contributed by atoms with Crippen molar-refractivity contribution in [2.24, 2.45) is 11.7 Å². The van der Waals surface area contributed by atoms with Gasteiger partial charge in [0.25, 0.3) is 5.91 Å². The molecule has 1 aromatic heterocycles. The Morgan fingerprint density at radius 1 is 1.32 bits per heavy atom. The highest BCUT2D eigenvalue weighted by atomic mass is 32.1. The number of piperidine rings is 1. The number of nitrogens with zero attached hydrogens (tertiary/aromatic N) is 2. The summed E-state index contributed by atoms with van der Waals surface area (Å²) in [5.41, 5.74) is 5.37. The van der Waals surface area contributed by atoms with Gasteiger partial charge in [-0.2, -0.15) is 13.2 Å². The van der Waals surface area contributed by atoms with Gasteiger partial charge in [-0.3, -0.25) is 4.79 Å². The predicted molar refractivity (Wildman–Crippen MR) is 90.7 cm³/mol. The summed E-state index contributed by atoms with van der Waals surface area (Å²) in [6.07, 6.45) is -0.426. The monoisotopic (exact) mass is 369 g/mol. The quantitative estimate of drug-likeness (QED) is 0.894. The molecule has 134 valence electrons. The molecule has 3 rings (SSSR count). The summed E-state index contributed by atoms with van der Waals surface area (Å²) in [4.78, 5) is 17.9. The summed E-state index contributed by atoms with van der Waals surface area (Å²) in [5, 5.41) is 0.770. The van der Waals surface area contributed by atoms with E-state index in [0.717, 1.165) is 42.7 Å². The second-order valence-electron chi connectivity index (χ2n) is 6.20. The van der Waals surface area contributed by atoms with Crippen LogP contribution in [0.3, 0.4) is 0 Å². The lowest BCUT2D eigenvalue weighted by molar-refractivity contribution is -0.137. The van der Waals surface area contributed by atoms with Crippen molar-refractivity contribution >= 4 is 22.4 Å². The average molecular weight is 369 g/mol. The minimum Gasteiger partial charge on any atom is -0.365 e. The predicted octanol–water partition coefficient (Wildman–Crippen LogP) is 3.72. The summed E-state index contributed by atoms with van der Waals surface area (Å²) in [5.74, 6) is -0.140. The summed E-state index contributed by atoms with van der Waals surface area (Å²) in [6.45, 7) is 1.55. The Balaban J connectivity index is 1.58. The Morgan fingerprint density at radius 2 is 2.04 bits per heavy atom. The molecule has 0 aliphatic carbocycles. The lowest BCUT2D eigenvalue weighted by Gasteiger charge is -2.31. The van der Waals surface area contributed by atoms with Crippen molar-refractivity contribution in [2.45, 2.75) is 25.4 Å². The van der Waals surface area contributed by atoms with Gasteiger partial charge in [0.1, 0.15) is 4.88 Å². The standard InChI is InChI=1S/C17H18F3N3OS/c18-17(19,20)13-3-1-2-12(9-13)8-11-4-6-23(7-5-11)16-22-10-14(25-16)15(21)24/h1-3,9-11H,4-8H2,(H2,21,24). The molecule has 0 bridgehead atoms. The number of benzene rings is 1. The minimum absolute atomic E-state index is 0.343. The first-order valence-corrected chi connectivity index (χ1v) is 8.81. The van der Waals surface area contributed by atoms with Gasteiger partial charge >= 0.3 is 6.18 Å². The normalized spacial score (nSPS) is 16.2. The van der Waals surface area contributed by atoms with Gasteiger partial charge in [0.15, 0.2) is 5.13 Å². The number of hydrogen-bond acceptors (Lipinski definition) is 4. The minimum atomic E-state index is -4.30. The maximum atomic E-state index is 12.8. The van der Waals surface area contributed by atoms with Crippen LogP contribution in [0.1, 0.15) is 33.6 Å². The number of alkyl halides is 3. The molecule has 1 aliphatic rings. The lowest BCUT2D eigenvalue weighted by atomic mass is 9.90. The number of amides is 1. The first-order valence-electron chi connectivity index (χ1n) is 7.99. The molecule has 1 amide bonds. The Kier molecular flexibility index (Phi) is 4.99. The molecule has 0 spiro atoms. The van der Waals surface area contributed by atoms with E-state index in [-0.39, 0.29) is 0 Å². The topological polar surface area (TPSA) is 59.2 Å². The van der Waals surface area contributed by atoms with Gasteiger partial charge in [-0.1, -0.05) is 29.5 Å². The second kappa shape index (κ2) is 7.03. The molecule has 0 atom stereocenters. The molecule has 4 nitrogen and oxygen atoms in total. The van der Waals surface area contributed by atoms with Gasteiger partial charge in [0, 0.05) is 13.1 Å². The summed E-state index contributed by atoms with van der Waals surface area (Å²) < 4.78 is 38.4. The van der Waals surface area contributed by atoms with Crippen LogP contribution in [0, 0.1) is 5.92 Å². The van der Waals surface area contributed by atoms with E-state index in [1.54, 1.807) is 6.07 Å². The van der Waals surface area contributed by atoms with Crippen LogP contribution in [0.25, 0.3) is 0 Å². The fourth-order valence-corrected chi connectivity index (χ4v) is 3.88. The molecule has 2 heterocycles. The van der Waals surface area contributed by atoms with Crippen LogP contribution in [-0.4, -0.2) is 24.0 Å². The molecule has 2 aromatic rings. The Morgan fingerprint density at radius 3 is 2.64 bits per heavy atom. The number of aromatic nitrogens is 1. The van der Waals surface area contributed by atoms with E-state index < -0.39 is 17.6 Å². The molecule has 0 saturated carbocycles. The first-order chi connectivity index (χ1) is 11.8. The molecule has 8 heteroatoms. The molecule has 2 N–H and O–H groups in total. The fraction of sp³-hybridized carbons (Fsp3) is 0.412. The average Bonchev–Trinajstić information content (AvgIpc) is 3.05. The highest BCUT2D eigenvalue weighted by molar-refractivity contribution is 7.17. The highest BCUT2D eigenvalue weighted by Crippen LogP contribution is 2.32. The largest absolute Gasteiger partial charge is 0.416 e. The van der Waals surface area contributed by atoms with Crippen LogP contribution in [0.15, 0.2) is 30.5 Å². The number of thiazole rings is 1.